The molecule has 20 heavy (non-hydrogen) atoms. The summed E-state index contributed by atoms with van der Waals surface area (Å²) in [5.41, 5.74) is 2.61. The molecule has 0 saturated carbocycles. The molecular formula is C15H15Br2NOS. The summed E-state index contributed by atoms with van der Waals surface area (Å²) >= 11 is 8.89. The van der Waals surface area contributed by atoms with Gasteiger partial charge >= 0.3 is 0 Å². The first kappa shape index (κ1) is 14.6. The van der Waals surface area contributed by atoms with E-state index in [1.807, 2.05) is 7.05 Å². The summed E-state index contributed by atoms with van der Waals surface area (Å²) in [6, 6.07) is 8.93. The van der Waals surface area contributed by atoms with E-state index in [1.54, 1.807) is 11.3 Å². The van der Waals surface area contributed by atoms with Gasteiger partial charge in [-0.2, -0.15) is 0 Å². The third-order valence-corrected chi connectivity index (χ3v) is 6.82. The van der Waals surface area contributed by atoms with Crippen molar-refractivity contribution >= 4 is 43.2 Å². The maximum atomic E-state index is 5.69. The first-order valence-corrected chi connectivity index (χ1v) is 8.97. The van der Waals surface area contributed by atoms with E-state index < -0.39 is 0 Å². The Balaban J connectivity index is 1.96. The van der Waals surface area contributed by atoms with Crippen molar-refractivity contribution in [2.75, 3.05) is 13.7 Å². The van der Waals surface area contributed by atoms with Gasteiger partial charge in [0.15, 0.2) is 0 Å². The van der Waals surface area contributed by atoms with Crippen LogP contribution >= 0.6 is 43.2 Å². The molecule has 3 rings (SSSR count). The molecule has 0 spiro atoms. The van der Waals surface area contributed by atoms with Gasteiger partial charge in [0.2, 0.25) is 0 Å². The molecule has 1 N–H and O–H groups in total. The molecule has 106 valence electrons. The van der Waals surface area contributed by atoms with Crippen LogP contribution in [0.2, 0.25) is 0 Å². The molecule has 0 radical (unpaired) electrons. The molecule has 1 unspecified atom stereocenters. The van der Waals surface area contributed by atoms with Gasteiger partial charge in [0.05, 0.1) is 16.4 Å². The number of ether oxygens (including phenoxy) is 1. The Morgan fingerprint density at radius 2 is 2.15 bits per heavy atom. The fourth-order valence-electron chi connectivity index (χ4n) is 2.54. The van der Waals surface area contributed by atoms with Gasteiger partial charge in [-0.3, -0.25) is 0 Å². The summed E-state index contributed by atoms with van der Waals surface area (Å²) in [7, 11) is 2.00. The zero-order valence-corrected chi connectivity index (χ0v) is 15.1. The zero-order valence-electron chi connectivity index (χ0n) is 11.1. The van der Waals surface area contributed by atoms with E-state index in [0.29, 0.717) is 0 Å². The lowest BCUT2D eigenvalue weighted by molar-refractivity contribution is 0.288. The number of hydrogen-bond acceptors (Lipinski definition) is 3. The number of nitrogens with one attached hydrogen (secondary N) is 1. The number of benzene rings is 1. The van der Waals surface area contributed by atoms with Crippen LogP contribution < -0.4 is 10.1 Å². The molecule has 1 aromatic carbocycles. The maximum Gasteiger partial charge on any atom is 0.122 e. The van der Waals surface area contributed by atoms with E-state index in [-0.39, 0.29) is 6.04 Å². The second-order valence-corrected chi connectivity index (χ2v) is 8.07. The average molecular weight is 417 g/mol. The van der Waals surface area contributed by atoms with Gasteiger partial charge in [-0.25, -0.2) is 0 Å². The lowest BCUT2D eigenvalue weighted by Crippen LogP contribution is -2.17. The van der Waals surface area contributed by atoms with Crippen molar-refractivity contribution in [3.05, 3.63) is 48.5 Å². The van der Waals surface area contributed by atoms with E-state index in [9.17, 15) is 0 Å². The Morgan fingerprint density at radius 3 is 2.85 bits per heavy atom. The van der Waals surface area contributed by atoms with Crippen molar-refractivity contribution in [3.63, 3.8) is 0 Å². The molecule has 0 bridgehead atoms. The van der Waals surface area contributed by atoms with Crippen molar-refractivity contribution in [1.82, 2.24) is 5.32 Å². The Labute approximate surface area is 139 Å². The molecule has 1 atom stereocenters. The van der Waals surface area contributed by atoms with E-state index >= 15 is 0 Å². The van der Waals surface area contributed by atoms with Gasteiger partial charge in [0.25, 0.3) is 0 Å². The van der Waals surface area contributed by atoms with Gasteiger partial charge in [-0.1, -0.05) is 12.1 Å². The minimum Gasteiger partial charge on any atom is -0.493 e. The van der Waals surface area contributed by atoms with Gasteiger partial charge in [-0.15, -0.1) is 11.3 Å². The van der Waals surface area contributed by atoms with E-state index in [1.165, 1.54) is 16.0 Å². The predicted molar refractivity (Wildman–Crippen MR) is 90.9 cm³/mol. The summed E-state index contributed by atoms with van der Waals surface area (Å²) in [6.07, 6.45) is 2.22. The van der Waals surface area contributed by atoms with Crippen LogP contribution in [0.1, 0.15) is 28.5 Å². The van der Waals surface area contributed by atoms with Crippen LogP contribution in [0.15, 0.2) is 32.5 Å². The van der Waals surface area contributed by atoms with E-state index in [2.05, 4.69) is 61.4 Å². The van der Waals surface area contributed by atoms with Crippen LogP contribution in [0.3, 0.4) is 0 Å². The van der Waals surface area contributed by atoms with Crippen LogP contribution in [-0.4, -0.2) is 13.7 Å². The highest BCUT2D eigenvalue weighted by molar-refractivity contribution is 9.13. The van der Waals surface area contributed by atoms with Gasteiger partial charge in [0.1, 0.15) is 5.75 Å². The van der Waals surface area contributed by atoms with Crippen molar-refractivity contribution in [1.29, 1.82) is 0 Å². The fraction of sp³-hybridized carbons (Fsp3) is 0.333. The number of aryl methyl sites for hydroxylation is 1. The van der Waals surface area contributed by atoms with E-state index in [4.69, 9.17) is 4.74 Å². The molecule has 0 aliphatic carbocycles. The molecule has 0 fully saturated rings. The second kappa shape index (κ2) is 6.18. The molecule has 2 heterocycles. The number of rotatable bonds is 3. The molecule has 2 aromatic rings. The number of hydrogen-bond donors (Lipinski definition) is 1. The van der Waals surface area contributed by atoms with E-state index in [0.717, 1.165) is 33.5 Å². The first-order chi connectivity index (χ1) is 9.69. The lowest BCUT2D eigenvalue weighted by Gasteiger charge is -2.21. The lowest BCUT2D eigenvalue weighted by atomic mass is 9.98. The summed E-state index contributed by atoms with van der Waals surface area (Å²) in [6.45, 7) is 0.840. The molecule has 0 amide bonds. The first-order valence-electron chi connectivity index (χ1n) is 6.56. The highest BCUT2D eigenvalue weighted by atomic mass is 79.9. The standard InChI is InChI=1S/C15H15Br2NOS/c1-18-14(13-8-11(16)15(17)20-13)10-4-5-12-9(7-10)3-2-6-19-12/h4-5,7-8,14,18H,2-3,6H2,1H3. The summed E-state index contributed by atoms with van der Waals surface area (Å²) in [4.78, 5) is 1.29. The average Bonchev–Trinajstić information content (AvgIpc) is 2.79. The summed E-state index contributed by atoms with van der Waals surface area (Å²) in [5.74, 6) is 1.04. The third-order valence-electron chi connectivity index (χ3n) is 3.50. The largest absolute Gasteiger partial charge is 0.493 e. The molecule has 0 saturated heterocycles. The van der Waals surface area contributed by atoms with Crippen molar-refractivity contribution < 1.29 is 4.74 Å². The Bertz CT molecular complexity index is 607. The van der Waals surface area contributed by atoms with Gasteiger partial charge < -0.3 is 10.1 Å². The quantitative estimate of drug-likeness (QED) is 0.767. The van der Waals surface area contributed by atoms with Gasteiger partial charge in [-0.05, 0) is 75.0 Å². The minimum atomic E-state index is 0.217. The molecule has 5 heteroatoms. The molecule has 1 aromatic heterocycles. The zero-order chi connectivity index (χ0) is 14.1. The van der Waals surface area contributed by atoms with Crippen LogP contribution in [0.4, 0.5) is 0 Å². The summed E-state index contributed by atoms with van der Waals surface area (Å²) in [5, 5.41) is 3.41. The SMILES string of the molecule is CNC(c1ccc2c(c1)CCCO2)c1cc(Br)c(Br)s1. The number of fused-ring (bicyclic) bond motifs is 1. The maximum absolute atomic E-state index is 5.69. The second-order valence-electron chi connectivity index (χ2n) is 4.81. The van der Waals surface area contributed by atoms with Gasteiger partial charge in [0, 0.05) is 9.35 Å². The molecule has 2 nitrogen and oxygen atoms in total. The van der Waals surface area contributed by atoms with Crippen LogP contribution in [0, 0.1) is 0 Å². The normalized spacial score (nSPS) is 15.6. The fourth-order valence-corrected chi connectivity index (χ4v) is 4.77. The van der Waals surface area contributed by atoms with Crippen LogP contribution in [-0.2, 0) is 6.42 Å². The molecular weight excluding hydrogens is 402 g/mol. The smallest absolute Gasteiger partial charge is 0.122 e. The highest BCUT2D eigenvalue weighted by Crippen LogP contribution is 2.38. The van der Waals surface area contributed by atoms with Crippen molar-refractivity contribution in [2.24, 2.45) is 0 Å². The van der Waals surface area contributed by atoms with Crippen LogP contribution in [0.5, 0.6) is 5.75 Å². The minimum absolute atomic E-state index is 0.217. The van der Waals surface area contributed by atoms with Crippen molar-refractivity contribution in [3.8, 4) is 5.75 Å². The molecule has 1 aliphatic heterocycles. The topological polar surface area (TPSA) is 21.3 Å². The number of halogens is 2. The molecule has 1 aliphatic rings. The highest BCUT2D eigenvalue weighted by Gasteiger charge is 2.19. The Kier molecular flexibility index (Phi) is 4.50. The summed E-state index contributed by atoms with van der Waals surface area (Å²) < 4.78 is 7.93. The Hall–Kier alpha value is -0.360. The predicted octanol–water partition coefficient (Wildman–Crippen LogP) is 4.91. The van der Waals surface area contributed by atoms with Crippen molar-refractivity contribution in [2.45, 2.75) is 18.9 Å². The third kappa shape index (κ3) is 2.82. The number of thiophene rings is 1. The monoisotopic (exact) mass is 415 g/mol. The van der Waals surface area contributed by atoms with Crippen LogP contribution in [0.25, 0.3) is 0 Å². The Morgan fingerprint density at radius 1 is 1.30 bits per heavy atom.